The number of primary amides is 1. The van der Waals surface area contributed by atoms with Gasteiger partial charge in [0.05, 0.1) is 19.6 Å². The van der Waals surface area contributed by atoms with Crippen molar-refractivity contribution in [3.05, 3.63) is 29.8 Å². The molecule has 0 saturated heterocycles. The third-order valence-electron chi connectivity index (χ3n) is 4.05. The van der Waals surface area contributed by atoms with Crippen LogP contribution in [0.25, 0.3) is 0 Å². The Labute approximate surface area is 176 Å². The summed E-state index contributed by atoms with van der Waals surface area (Å²) in [6, 6.07) is 1.24. The molecule has 13 nitrogen and oxygen atoms in total. The second kappa shape index (κ2) is 12.1. The maximum absolute atomic E-state index is 12.6. The number of hydrogen-bond donors (Lipinski definition) is 8. The minimum absolute atomic E-state index is 0.0361. The molecule has 0 aromatic heterocycles. The molecule has 1 aromatic rings. The Morgan fingerprint density at radius 3 is 1.94 bits per heavy atom. The van der Waals surface area contributed by atoms with E-state index < -0.39 is 67.3 Å². The largest absolute Gasteiger partial charge is 0.508 e. The average molecular weight is 439 g/mol. The summed E-state index contributed by atoms with van der Waals surface area (Å²) >= 11 is 0. The van der Waals surface area contributed by atoms with E-state index in [0.717, 1.165) is 0 Å². The molecule has 13 heteroatoms. The highest BCUT2D eigenvalue weighted by molar-refractivity contribution is 5.95. The molecule has 0 aliphatic heterocycles. The number of rotatable bonds is 12. The Morgan fingerprint density at radius 2 is 1.45 bits per heavy atom. The molecule has 10 N–H and O–H groups in total. The lowest BCUT2D eigenvalue weighted by Crippen LogP contribution is -2.57. The summed E-state index contributed by atoms with van der Waals surface area (Å²) in [5.74, 6) is -5.05. The van der Waals surface area contributed by atoms with Crippen molar-refractivity contribution in [3.63, 3.8) is 0 Å². The van der Waals surface area contributed by atoms with E-state index in [1.807, 2.05) is 0 Å². The highest BCUT2D eigenvalue weighted by Gasteiger charge is 2.30. The van der Waals surface area contributed by atoms with E-state index in [4.69, 9.17) is 21.7 Å². The van der Waals surface area contributed by atoms with Crippen molar-refractivity contribution in [2.45, 2.75) is 31.0 Å². The van der Waals surface area contributed by atoms with Crippen molar-refractivity contribution in [1.29, 1.82) is 0 Å². The molecule has 4 amide bonds. The van der Waals surface area contributed by atoms with Gasteiger partial charge in [0.25, 0.3) is 0 Å². The monoisotopic (exact) mass is 439 g/mol. The van der Waals surface area contributed by atoms with Crippen LogP contribution in [0.5, 0.6) is 5.75 Å². The van der Waals surface area contributed by atoms with Crippen molar-refractivity contribution in [2.24, 2.45) is 11.5 Å². The Bertz CT molecular complexity index is 814. The SMILES string of the molecule is NCC(=O)NC(CC(N)=O)C(=O)NC(Cc1ccc(O)cc1)C(=O)NC(CO)C(=O)O. The third-order valence-corrected chi connectivity index (χ3v) is 4.05. The number of carboxylic acid groups (broad SMARTS) is 1. The zero-order valence-corrected chi connectivity index (χ0v) is 16.4. The summed E-state index contributed by atoms with van der Waals surface area (Å²) in [5, 5.41) is 34.1. The molecular weight excluding hydrogens is 414 g/mol. The van der Waals surface area contributed by atoms with Gasteiger partial charge in [0.1, 0.15) is 23.9 Å². The van der Waals surface area contributed by atoms with E-state index in [2.05, 4.69) is 16.0 Å². The fourth-order valence-electron chi connectivity index (χ4n) is 2.47. The molecule has 1 rings (SSSR count). The highest BCUT2D eigenvalue weighted by Crippen LogP contribution is 2.12. The van der Waals surface area contributed by atoms with Crippen LogP contribution in [0.2, 0.25) is 0 Å². The van der Waals surface area contributed by atoms with Crippen molar-refractivity contribution in [3.8, 4) is 5.75 Å². The molecule has 0 fully saturated rings. The van der Waals surface area contributed by atoms with Crippen LogP contribution in [-0.2, 0) is 30.4 Å². The third kappa shape index (κ3) is 8.67. The van der Waals surface area contributed by atoms with Gasteiger partial charge in [-0.1, -0.05) is 12.1 Å². The molecule has 170 valence electrons. The van der Waals surface area contributed by atoms with Crippen LogP contribution in [0.4, 0.5) is 0 Å². The van der Waals surface area contributed by atoms with Crippen LogP contribution in [0, 0.1) is 0 Å². The van der Waals surface area contributed by atoms with Gasteiger partial charge in [0, 0.05) is 6.42 Å². The fraction of sp³-hybridized carbons (Fsp3) is 0.389. The van der Waals surface area contributed by atoms with Crippen LogP contribution in [0.1, 0.15) is 12.0 Å². The van der Waals surface area contributed by atoms with E-state index in [1.54, 1.807) is 0 Å². The number of phenols is 1. The van der Waals surface area contributed by atoms with Crippen LogP contribution in [0.3, 0.4) is 0 Å². The van der Waals surface area contributed by atoms with Gasteiger partial charge in [0.2, 0.25) is 23.6 Å². The molecule has 3 unspecified atom stereocenters. The maximum atomic E-state index is 12.6. The number of aliphatic carboxylic acids is 1. The van der Waals surface area contributed by atoms with E-state index in [-0.39, 0.29) is 12.2 Å². The number of aromatic hydroxyl groups is 1. The molecule has 0 spiro atoms. The summed E-state index contributed by atoms with van der Waals surface area (Å²) in [7, 11) is 0. The zero-order valence-electron chi connectivity index (χ0n) is 16.4. The molecule has 0 aliphatic rings. The van der Waals surface area contributed by atoms with E-state index in [0.29, 0.717) is 5.56 Å². The number of aliphatic hydroxyl groups is 1. The van der Waals surface area contributed by atoms with E-state index in [1.165, 1.54) is 24.3 Å². The number of aliphatic hydroxyl groups excluding tert-OH is 1. The molecule has 0 radical (unpaired) electrons. The van der Waals surface area contributed by atoms with Crippen molar-refractivity contribution in [2.75, 3.05) is 13.2 Å². The first-order valence-corrected chi connectivity index (χ1v) is 9.07. The number of phenolic OH excluding ortho intramolecular Hbond substituents is 1. The summed E-state index contributed by atoms with van der Waals surface area (Å²) in [6.45, 7) is -1.35. The normalized spacial score (nSPS) is 13.4. The topological polar surface area (TPSA) is 234 Å². The summed E-state index contributed by atoms with van der Waals surface area (Å²) in [4.78, 5) is 59.1. The Hall–Kier alpha value is -3.71. The average Bonchev–Trinajstić information content (AvgIpc) is 2.71. The minimum atomic E-state index is -1.62. The van der Waals surface area contributed by atoms with Crippen LogP contribution in [0.15, 0.2) is 24.3 Å². The molecule has 1 aromatic carbocycles. The zero-order chi connectivity index (χ0) is 23.6. The Balaban J connectivity index is 3.09. The summed E-state index contributed by atoms with van der Waals surface area (Å²) in [6.07, 6.45) is -0.705. The molecule has 0 bridgehead atoms. The predicted octanol–water partition coefficient (Wildman–Crippen LogP) is -3.70. The van der Waals surface area contributed by atoms with Gasteiger partial charge < -0.3 is 42.7 Å². The smallest absolute Gasteiger partial charge is 0.328 e. The van der Waals surface area contributed by atoms with E-state index >= 15 is 0 Å². The van der Waals surface area contributed by atoms with Crippen LogP contribution < -0.4 is 27.4 Å². The maximum Gasteiger partial charge on any atom is 0.328 e. The first-order chi connectivity index (χ1) is 14.6. The number of amides is 4. The first kappa shape index (κ1) is 25.3. The van der Waals surface area contributed by atoms with Crippen LogP contribution in [-0.4, -0.2) is 76.2 Å². The molecule has 3 atom stereocenters. The fourth-order valence-corrected chi connectivity index (χ4v) is 2.47. The van der Waals surface area contributed by atoms with Crippen molar-refractivity contribution < 1.29 is 39.3 Å². The summed E-state index contributed by atoms with van der Waals surface area (Å²) < 4.78 is 0. The molecule has 31 heavy (non-hydrogen) atoms. The minimum Gasteiger partial charge on any atom is -0.508 e. The Kier molecular flexibility index (Phi) is 9.88. The van der Waals surface area contributed by atoms with Crippen molar-refractivity contribution in [1.82, 2.24) is 16.0 Å². The van der Waals surface area contributed by atoms with Gasteiger partial charge in [0.15, 0.2) is 0 Å². The number of benzene rings is 1. The number of carbonyl (C=O) groups is 5. The second-order valence-electron chi connectivity index (χ2n) is 6.51. The standard InChI is InChI=1S/C18H25N5O8/c19-7-15(27)21-12(6-14(20)26)17(29)22-11(5-9-1-3-10(25)4-2-9)16(28)23-13(8-24)18(30)31/h1-4,11-13,24-25H,5-8,19H2,(H2,20,26)(H,21,27)(H,22,29)(H,23,28)(H,30,31). The molecular formula is C18H25N5O8. The van der Waals surface area contributed by atoms with E-state index in [9.17, 15) is 29.1 Å². The lowest BCUT2D eigenvalue weighted by atomic mass is 10.0. The number of nitrogens with two attached hydrogens (primary N) is 2. The number of nitrogens with one attached hydrogen (secondary N) is 3. The number of hydrogen-bond acceptors (Lipinski definition) is 8. The molecule has 0 aliphatic carbocycles. The van der Waals surface area contributed by atoms with Crippen molar-refractivity contribution >= 4 is 29.6 Å². The second-order valence-corrected chi connectivity index (χ2v) is 6.51. The van der Waals surface area contributed by atoms with Gasteiger partial charge in [-0.25, -0.2) is 4.79 Å². The highest BCUT2D eigenvalue weighted by atomic mass is 16.4. The lowest BCUT2D eigenvalue weighted by Gasteiger charge is -2.24. The Morgan fingerprint density at radius 1 is 0.903 bits per heavy atom. The quantitative estimate of drug-likeness (QED) is 0.160. The molecule has 0 heterocycles. The van der Waals surface area contributed by atoms with Gasteiger partial charge in [-0.3, -0.25) is 19.2 Å². The first-order valence-electron chi connectivity index (χ1n) is 9.07. The summed E-state index contributed by atoms with van der Waals surface area (Å²) in [5.41, 5.74) is 10.8. The number of carboxylic acids is 1. The van der Waals surface area contributed by atoms with Gasteiger partial charge in [-0.2, -0.15) is 0 Å². The number of carbonyl (C=O) groups excluding carboxylic acids is 4. The van der Waals surface area contributed by atoms with Crippen LogP contribution >= 0.6 is 0 Å². The molecule has 0 saturated carbocycles. The predicted molar refractivity (Wildman–Crippen MR) is 105 cm³/mol. The van der Waals surface area contributed by atoms with Gasteiger partial charge in [-0.05, 0) is 17.7 Å². The van der Waals surface area contributed by atoms with Gasteiger partial charge >= 0.3 is 5.97 Å². The lowest BCUT2D eigenvalue weighted by molar-refractivity contribution is -0.143. The van der Waals surface area contributed by atoms with Gasteiger partial charge in [-0.15, -0.1) is 0 Å².